The van der Waals surface area contributed by atoms with Crippen LogP contribution in [0.2, 0.25) is 0 Å². The van der Waals surface area contributed by atoms with Gasteiger partial charge >= 0.3 is 0 Å². The lowest BCUT2D eigenvalue weighted by molar-refractivity contribution is 0.100. The number of hydrogen-bond acceptors (Lipinski definition) is 3. The summed E-state index contributed by atoms with van der Waals surface area (Å²) >= 11 is 0. The van der Waals surface area contributed by atoms with Crippen LogP contribution in [-0.4, -0.2) is 24.2 Å². The number of nitrogens with zero attached hydrogens (tertiary/aromatic N) is 1. The molecule has 0 bridgehead atoms. The molecule has 0 saturated heterocycles. The third-order valence-corrected chi connectivity index (χ3v) is 4.98. The van der Waals surface area contributed by atoms with E-state index in [0.717, 1.165) is 38.7 Å². The molecular formula is C24H23N2O3. The predicted octanol–water partition coefficient (Wildman–Crippen LogP) is 4.29. The molecule has 5 heteroatoms. The van der Waals surface area contributed by atoms with Crippen molar-refractivity contribution in [2.75, 3.05) is 13.7 Å². The van der Waals surface area contributed by atoms with Crippen LogP contribution in [0.3, 0.4) is 0 Å². The second kappa shape index (κ2) is 7.97. The van der Waals surface area contributed by atoms with Gasteiger partial charge in [-0.2, -0.15) is 0 Å². The number of fused-ring (bicyclic) bond motifs is 3. The summed E-state index contributed by atoms with van der Waals surface area (Å²) in [4.78, 5) is 12.1. The molecule has 1 radical (unpaired) electrons. The van der Waals surface area contributed by atoms with Gasteiger partial charge in [-0.1, -0.05) is 18.2 Å². The molecule has 0 aliphatic rings. The molecule has 4 rings (SSSR count). The van der Waals surface area contributed by atoms with Gasteiger partial charge in [0.1, 0.15) is 5.75 Å². The molecule has 0 saturated carbocycles. The zero-order valence-corrected chi connectivity index (χ0v) is 16.6. The summed E-state index contributed by atoms with van der Waals surface area (Å²) in [7, 11) is 1.67. The highest BCUT2D eigenvalue weighted by atomic mass is 16.5. The van der Waals surface area contributed by atoms with Crippen molar-refractivity contribution in [3.05, 3.63) is 77.4 Å². The van der Waals surface area contributed by atoms with Gasteiger partial charge in [0.25, 0.3) is 0 Å². The number of carbonyl (C=O) groups excluding carboxylic acids is 1. The second-order valence-corrected chi connectivity index (χ2v) is 6.93. The molecule has 147 valence electrons. The zero-order valence-electron chi connectivity index (χ0n) is 16.6. The molecule has 0 spiro atoms. The van der Waals surface area contributed by atoms with E-state index in [4.69, 9.17) is 15.2 Å². The van der Waals surface area contributed by atoms with Crippen LogP contribution in [0.4, 0.5) is 0 Å². The van der Waals surface area contributed by atoms with Crippen molar-refractivity contribution in [2.24, 2.45) is 5.73 Å². The van der Waals surface area contributed by atoms with Gasteiger partial charge in [-0.15, -0.1) is 0 Å². The van der Waals surface area contributed by atoms with E-state index in [-0.39, 0.29) is 0 Å². The number of nitrogens with two attached hydrogens (primary N) is 1. The van der Waals surface area contributed by atoms with Gasteiger partial charge in [-0.25, -0.2) is 0 Å². The number of methoxy groups -OCH3 is 1. The molecule has 2 N–H and O–H groups in total. The first-order valence-corrected chi connectivity index (χ1v) is 9.58. The van der Waals surface area contributed by atoms with Crippen molar-refractivity contribution < 1.29 is 14.3 Å². The minimum absolute atomic E-state index is 0.442. The number of benzene rings is 3. The minimum Gasteiger partial charge on any atom is -0.494 e. The Morgan fingerprint density at radius 3 is 2.69 bits per heavy atom. The molecule has 0 fully saturated rings. The summed E-state index contributed by atoms with van der Waals surface area (Å²) in [6.45, 7) is 3.72. The summed E-state index contributed by atoms with van der Waals surface area (Å²) in [5.41, 5.74) is 10.2. The number of amides is 1. The highest BCUT2D eigenvalue weighted by Gasteiger charge is 2.17. The van der Waals surface area contributed by atoms with Crippen molar-refractivity contribution in [1.82, 2.24) is 4.57 Å². The quantitative estimate of drug-likeness (QED) is 0.514. The maximum absolute atomic E-state index is 12.1. The van der Waals surface area contributed by atoms with Crippen molar-refractivity contribution >= 4 is 27.7 Å². The number of hydrogen-bond donors (Lipinski definition) is 1. The third kappa shape index (κ3) is 3.57. The van der Waals surface area contributed by atoms with Crippen LogP contribution >= 0.6 is 0 Å². The Balaban J connectivity index is 1.94. The molecule has 29 heavy (non-hydrogen) atoms. The molecule has 0 aliphatic carbocycles. The zero-order chi connectivity index (χ0) is 20.4. The number of carbonyl (C=O) groups is 1. The summed E-state index contributed by atoms with van der Waals surface area (Å²) in [6.07, 6.45) is 0. The molecule has 1 heterocycles. The van der Waals surface area contributed by atoms with Crippen LogP contribution in [0.15, 0.2) is 54.6 Å². The molecule has 1 amide bonds. The fourth-order valence-corrected chi connectivity index (χ4v) is 3.81. The van der Waals surface area contributed by atoms with Crippen LogP contribution < -0.4 is 10.5 Å². The largest absolute Gasteiger partial charge is 0.494 e. The van der Waals surface area contributed by atoms with Gasteiger partial charge in [0.05, 0.1) is 24.2 Å². The molecular weight excluding hydrogens is 364 g/mol. The Hall–Kier alpha value is -3.31. The van der Waals surface area contributed by atoms with E-state index in [1.807, 2.05) is 43.3 Å². The van der Waals surface area contributed by atoms with Gasteiger partial charge in [-0.3, -0.25) is 4.79 Å². The van der Waals surface area contributed by atoms with Crippen LogP contribution in [0.1, 0.15) is 28.4 Å². The highest BCUT2D eigenvalue weighted by molar-refractivity contribution is 6.17. The Kier molecular flexibility index (Phi) is 5.23. The highest BCUT2D eigenvalue weighted by Crippen LogP contribution is 2.33. The maximum Gasteiger partial charge on any atom is 0.249 e. The Bertz CT molecular complexity index is 1190. The third-order valence-electron chi connectivity index (χ3n) is 4.98. The van der Waals surface area contributed by atoms with Gasteiger partial charge in [-0.05, 0) is 60.5 Å². The Morgan fingerprint density at radius 1 is 1.10 bits per heavy atom. The van der Waals surface area contributed by atoms with Gasteiger partial charge in [0.15, 0.2) is 0 Å². The summed E-state index contributed by atoms with van der Waals surface area (Å²) < 4.78 is 13.1. The number of primary amides is 1. The van der Waals surface area contributed by atoms with E-state index in [1.165, 1.54) is 0 Å². The van der Waals surface area contributed by atoms with Crippen molar-refractivity contribution in [1.29, 1.82) is 0 Å². The summed E-state index contributed by atoms with van der Waals surface area (Å²) in [5, 5.41) is 1.72. The van der Waals surface area contributed by atoms with E-state index < -0.39 is 5.91 Å². The van der Waals surface area contributed by atoms with Gasteiger partial charge < -0.3 is 19.8 Å². The molecule has 4 aromatic rings. The van der Waals surface area contributed by atoms with Crippen molar-refractivity contribution in [2.45, 2.75) is 20.1 Å². The normalized spacial score (nSPS) is 11.2. The number of rotatable bonds is 7. The molecule has 5 nitrogen and oxygen atoms in total. The van der Waals surface area contributed by atoms with Crippen LogP contribution in [0.25, 0.3) is 21.8 Å². The second-order valence-electron chi connectivity index (χ2n) is 6.93. The molecule has 3 aromatic carbocycles. The molecule has 0 aliphatic heterocycles. The molecule has 0 unspecified atom stereocenters. The fourth-order valence-electron chi connectivity index (χ4n) is 3.81. The molecule has 0 atom stereocenters. The lowest BCUT2D eigenvalue weighted by Crippen LogP contribution is -2.11. The lowest BCUT2D eigenvalue weighted by Gasteiger charge is -2.10. The van der Waals surface area contributed by atoms with E-state index in [1.54, 1.807) is 13.2 Å². The maximum atomic E-state index is 12.1. The van der Waals surface area contributed by atoms with Crippen LogP contribution in [0, 0.1) is 6.07 Å². The monoisotopic (exact) mass is 387 g/mol. The summed E-state index contributed by atoms with van der Waals surface area (Å²) in [5.74, 6) is 0.401. The van der Waals surface area contributed by atoms with E-state index >= 15 is 0 Å². The average Bonchev–Trinajstić information content (AvgIpc) is 3.02. The average molecular weight is 387 g/mol. The van der Waals surface area contributed by atoms with Crippen LogP contribution in [0.5, 0.6) is 5.75 Å². The van der Waals surface area contributed by atoms with E-state index in [9.17, 15) is 4.79 Å². The lowest BCUT2D eigenvalue weighted by atomic mass is 10.0. The summed E-state index contributed by atoms with van der Waals surface area (Å²) in [6, 6.07) is 21.0. The Labute approximate surface area is 169 Å². The fraction of sp³-hybridized carbons (Fsp3) is 0.208. The van der Waals surface area contributed by atoms with E-state index in [0.29, 0.717) is 25.3 Å². The van der Waals surface area contributed by atoms with Crippen LogP contribution in [-0.2, 0) is 17.9 Å². The Morgan fingerprint density at radius 2 is 1.93 bits per heavy atom. The smallest absolute Gasteiger partial charge is 0.249 e. The number of aromatic nitrogens is 1. The standard InChI is InChI=1S/C24H23N2O3/c1-3-29-18-7-4-6-16(12-18)14-26-21-9-5-8-20(24(25)27)23(21)19-11-10-17(15-28-2)13-22(19)26/h4-10,12-13H,3,14-15H2,1-2H3,(H2,25,27). The van der Waals surface area contributed by atoms with Crippen molar-refractivity contribution in [3.63, 3.8) is 0 Å². The topological polar surface area (TPSA) is 66.5 Å². The van der Waals surface area contributed by atoms with Gasteiger partial charge in [0.2, 0.25) is 5.91 Å². The SMILES string of the molecule is CCOc1cccc(Cn2c3cc(COC)c[c]c3c3c(C(N)=O)cccc32)c1. The van der Waals surface area contributed by atoms with E-state index in [2.05, 4.69) is 22.8 Å². The first-order valence-electron chi connectivity index (χ1n) is 9.58. The van der Waals surface area contributed by atoms with Crippen molar-refractivity contribution in [3.8, 4) is 5.75 Å². The first-order chi connectivity index (χ1) is 14.1. The first kappa shape index (κ1) is 19.0. The van der Waals surface area contributed by atoms with Gasteiger partial charge in [0, 0.05) is 30.0 Å². The number of ether oxygens (including phenoxy) is 2. The minimum atomic E-state index is -0.442. The molecule has 1 aromatic heterocycles. The predicted molar refractivity (Wildman–Crippen MR) is 114 cm³/mol.